The Morgan fingerprint density at radius 3 is 3.04 bits per heavy atom. The molecule has 2 atom stereocenters. The van der Waals surface area contributed by atoms with Gasteiger partial charge in [-0.2, -0.15) is 4.98 Å². The van der Waals surface area contributed by atoms with Crippen LogP contribution in [0, 0.1) is 12.3 Å². The SMILES string of the molecule is Cc1noc(CC(=O)N2CCC3OCCCC3(COCc3ccncc3)C2)n1. The summed E-state index contributed by atoms with van der Waals surface area (Å²) in [7, 11) is 0. The highest BCUT2D eigenvalue weighted by atomic mass is 16.5. The Hall–Kier alpha value is -2.32. The van der Waals surface area contributed by atoms with Crippen molar-refractivity contribution < 1.29 is 18.8 Å². The first-order valence-electron chi connectivity index (χ1n) is 9.80. The molecule has 4 heterocycles. The Morgan fingerprint density at radius 2 is 2.25 bits per heavy atom. The van der Waals surface area contributed by atoms with Gasteiger partial charge in [0.15, 0.2) is 5.82 Å². The normalized spacial score (nSPS) is 24.8. The number of hydrogen-bond acceptors (Lipinski definition) is 7. The Balaban J connectivity index is 1.40. The molecule has 8 heteroatoms. The number of nitrogens with zero attached hydrogens (tertiary/aromatic N) is 4. The maximum absolute atomic E-state index is 12.8. The summed E-state index contributed by atoms with van der Waals surface area (Å²) in [6.45, 7) is 4.96. The minimum absolute atomic E-state index is 0.0150. The molecule has 0 bridgehead atoms. The molecule has 0 aromatic carbocycles. The number of carbonyl (C=O) groups is 1. The van der Waals surface area contributed by atoms with Gasteiger partial charge in [-0.15, -0.1) is 0 Å². The smallest absolute Gasteiger partial charge is 0.236 e. The van der Waals surface area contributed by atoms with Gasteiger partial charge in [-0.3, -0.25) is 9.78 Å². The largest absolute Gasteiger partial charge is 0.377 e. The number of hydrogen-bond donors (Lipinski definition) is 0. The van der Waals surface area contributed by atoms with E-state index in [1.807, 2.05) is 17.0 Å². The first kappa shape index (κ1) is 19.0. The van der Waals surface area contributed by atoms with Gasteiger partial charge in [0, 0.05) is 37.5 Å². The van der Waals surface area contributed by atoms with Gasteiger partial charge in [-0.1, -0.05) is 5.16 Å². The van der Waals surface area contributed by atoms with E-state index in [1.165, 1.54) is 0 Å². The van der Waals surface area contributed by atoms with Crippen molar-refractivity contribution in [1.29, 1.82) is 0 Å². The number of amides is 1. The Kier molecular flexibility index (Phi) is 5.68. The van der Waals surface area contributed by atoms with Gasteiger partial charge in [-0.05, 0) is 43.9 Å². The molecule has 8 nitrogen and oxygen atoms in total. The Bertz CT molecular complexity index is 797. The number of carbonyl (C=O) groups excluding carboxylic acids is 1. The molecule has 2 saturated heterocycles. The number of pyridine rings is 1. The Labute approximate surface area is 164 Å². The highest BCUT2D eigenvalue weighted by molar-refractivity contribution is 5.78. The first-order chi connectivity index (χ1) is 13.6. The maximum atomic E-state index is 12.8. The fourth-order valence-electron chi connectivity index (χ4n) is 4.22. The van der Waals surface area contributed by atoms with Crippen LogP contribution in [0.3, 0.4) is 0 Å². The number of aromatic nitrogens is 3. The van der Waals surface area contributed by atoms with Gasteiger partial charge in [0.25, 0.3) is 0 Å². The summed E-state index contributed by atoms with van der Waals surface area (Å²) in [6, 6.07) is 3.91. The maximum Gasteiger partial charge on any atom is 0.236 e. The van der Waals surface area contributed by atoms with Crippen molar-refractivity contribution in [3.63, 3.8) is 0 Å². The van der Waals surface area contributed by atoms with E-state index in [0.29, 0.717) is 38.0 Å². The van der Waals surface area contributed by atoms with Crippen LogP contribution in [0.1, 0.15) is 36.5 Å². The van der Waals surface area contributed by atoms with Crippen LogP contribution < -0.4 is 0 Å². The van der Waals surface area contributed by atoms with Gasteiger partial charge in [0.05, 0.1) is 19.3 Å². The number of fused-ring (bicyclic) bond motifs is 1. The second kappa shape index (κ2) is 8.36. The summed E-state index contributed by atoms with van der Waals surface area (Å²) in [5, 5.41) is 3.76. The van der Waals surface area contributed by atoms with Crippen LogP contribution in [0.25, 0.3) is 0 Å². The fraction of sp³-hybridized carbons (Fsp3) is 0.600. The molecule has 150 valence electrons. The van der Waals surface area contributed by atoms with E-state index in [0.717, 1.165) is 31.4 Å². The minimum Gasteiger partial charge on any atom is -0.377 e. The number of rotatable bonds is 6. The molecule has 0 saturated carbocycles. The summed E-state index contributed by atoms with van der Waals surface area (Å²) >= 11 is 0. The average molecular weight is 386 g/mol. The monoisotopic (exact) mass is 386 g/mol. The van der Waals surface area contributed by atoms with Gasteiger partial charge in [-0.25, -0.2) is 0 Å². The highest BCUT2D eigenvalue weighted by Crippen LogP contribution is 2.40. The molecule has 0 N–H and O–H groups in total. The van der Waals surface area contributed by atoms with E-state index in [2.05, 4.69) is 15.1 Å². The van der Waals surface area contributed by atoms with E-state index in [4.69, 9.17) is 14.0 Å². The van der Waals surface area contributed by atoms with Crippen LogP contribution in [-0.2, 0) is 27.3 Å². The molecule has 0 aliphatic carbocycles. The lowest BCUT2D eigenvalue weighted by Gasteiger charge is -2.50. The lowest BCUT2D eigenvalue weighted by atomic mass is 9.73. The third-order valence-corrected chi connectivity index (χ3v) is 5.62. The summed E-state index contributed by atoms with van der Waals surface area (Å²) in [6.07, 6.45) is 6.62. The molecule has 2 aliphatic rings. The van der Waals surface area contributed by atoms with Crippen LogP contribution in [0.5, 0.6) is 0 Å². The van der Waals surface area contributed by atoms with Gasteiger partial charge >= 0.3 is 0 Å². The van der Waals surface area contributed by atoms with E-state index < -0.39 is 0 Å². The molecule has 0 radical (unpaired) electrons. The molecule has 2 aromatic rings. The summed E-state index contributed by atoms with van der Waals surface area (Å²) in [5.74, 6) is 0.928. The van der Waals surface area contributed by atoms with Crippen molar-refractivity contribution in [2.45, 2.75) is 45.3 Å². The Morgan fingerprint density at radius 1 is 1.39 bits per heavy atom. The van der Waals surface area contributed by atoms with Crippen molar-refractivity contribution in [3.8, 4) is 0 Å². The second-order valence-corrected chi connectivity index (χ2v) is 7.69. The summed E-state index contributed by atoms with van der Waals surface area (Å²) < 4.78 is 17.3. The standard InChI is InChI=1S/C20H26N4O4/c1-15-22-18(28-23-15)11-19(25)24-9-5-17-20(13-24,6-2-10-27-17)14-26-12-16-3-7-21-8-4-16/h3-4,7-8,17H,2,5-6,9-14H2,1H3. The summed E-state index contributed by atoms with van der Waals surface area (Å²) in [4.78, 5) is 22.9. The van der Waals surface area contributed by atoms with E-state index >= 15 is 0 Å². The van der Waals surface area contributed by atoms with Crippen LogP contribution in [0.4, 0.5) is 0 Å². The van der Waals surface area contributed by atoms with Crippen LogP contribution >= 0.6 is 0 Å². The zero-order valence-corrected chi connectivity index (χ0v) is 16.2. The van der Waals surface area contributed by atoms with E-state index in [-0.39, 0.29) is 23.8 Å². The first-order valence-corrected chi connectivity index (χ1v) is 9.80. The van der Waals surface area contributed by atoms with Crippen molar-refractivity contribution in [2.75, 3.05) is 26.3 Å². The fourth-order valence-corrected chi connectivity index (χ4v) is 4.22. The van der Waals surface area contributed by atoms with Crippen LogP contribution in [0.15, 0.2) is 29.0 Å². The van der Waals surface area contributed by atoms with E-state index in [9.17, 15) is 4.79 Å². The third kappa shape index (κ3) is 4.23. The van der Waals surface area contributed by atoms with Crippen molar-refractivity contribution in [2.24, 2.45) is 5.41 Å². The average Bonchev–Trinajstić information content (AvgIpc) is 3.13. The number of aryl methyl sites for hydroxylation is 1. The van der Waals surface area contributed by atoms with Gasteiger partial charge in [0.1, 0.15) is 6.42 Å². The van der Waals surface area contributed by atoms with Crippen LogP contribution in [-0.4, -0.2) is 58.3 Å². The second-order valence-electron chi connectivity index (χ2n) is 7.69. The van der Waals surface area contributed by atoms with Gasteiger partial charge < -0.3 is 18.9 Å². The molecule has 1 amide bonds. The van der Waals surface area contributed by atoms with E-state index in [1.54, 1.807) is 19.3 Å². The molecule has 28 heavy (non-hydrogen) atoms. The van der Waals surface area contributed by atoms with Gasteiger partial charge in [0.2, 0.25) is 11.8 Å². The third-order valence-electron chi connectivity index (χ3n) is 5.62. The molecule has 2 unspecified atom stereocenters. The topological polar surface area (TPSA) is 90.6 Å². The zero-order chi connectivity index (χ0) is 19.4. The lowest BCUT2D eigenvalue weighted by Crippen LogP contribution is -2.58. The predicted octanol–water partition coefficient (Wildman–Crippen LogP) is 1.93. The molecular weight excluding hydrogens is 360 g/mol. The minimum atomic E-state index is -0.163. The molecule has 2 fully saturated rings. The summed E-state index contributed by atoms with van der Waals surface area (Å²) in [5.41, 5.74) is 0.930. The number of ether oxygens (including phenoxy) is 2. The molecule has 0 spiro atoms. The number of likely N-dealkylation sites (tertiary alicyclic amines) is 1. The quantitative estimate of drug-likeness (QED) is 0.749. The molecule has 2 aromatic heterocycles. The lowest BCUT2D eigenvalue weighted by molar-refractivity contribution is -0.165. The number of piperidine rings is 1. The van der Waals surface area contributed by atoms with Crippen LogP contribution in [0.2, 0.25) is 0 Å². The molecular formula is C20H26N4O4. The van der Waals surface area contributed by atoms with Crippen molar-refractivity contribution in [3.05, 3.63) is 41.8 Å². The molecule has 2 aliphatic heterocycles. The zero-order valence-electron chi connectivity index (χ0n) is 16.2. The van der Waals surface area contributed by atoms with Crippen molar-refractivity contribution >= 4 is 5.91 Å². The highest BCUT2D eigenvalue weighted by Gasteiger charge is 2.47. The molecule has 4 rings (SSSR count). The van der Waals surface area contributed by atoms with Crippen molar-refractivity contribution in [1.82, 2.24) is 20.0 Å². The predicted molar refractivity (Wildman–Crippen MR) is 99.2 cm³/mol.